The van der Waals surface area contributed by atoms with E-state index in [0.717, 1.165) is 12.8 Å². The van der Waals surface area contributed by atoms with Crippen molar-refractivity contribution in [3.05, 3.63) is 42.0 Å². The SMILES string of the molecule is O=C(NNC(=O)[C@@H]1CC=CC[C@H]1C(=O)[O-])c1ccc(OC2CCCC2)cc1. The Balaban J connectivity index is 1.51. The average molecular weight is 371 g/mol. The summed E-state index contributed by atoms with van der Waals surface area (Å²) in [7, 11) is 0. The molecule has 7 heteroatoms. The number of nitrogens with one attached hydrogen (secondary N) is 2. The van der Waals surface area contributed by atoms with Crippen molar-refractivity contribution in [3.8, 4) is 5.75 Å². The minimum absolute atomic E-state index is 0.241. The lowest BCUT2D eigenvalue weighted by Crippen LogP contribution is -2.49. The third kappa shape index (κ3) is 4.87. The van der Waals surface area contributed by atoms with E-state index in [1.54, 1.807) is 36.4 Å². The van der Waals surface area contributed by atoms with Gasteiger partial charge in [0.25, 0.3) is 5.91 Å². The number of aliphatic carboxylic acids is 1. The van der Waals surface area contributed by atoms with Crippen LogP contribution in [-0.4, -0.2) is 23.9 Å². The molecule has 2 N–H and O–H groups in total. The van der Waals surface area contributed by atoms with E-state index in [1.807, 2.05) is 0 Å². The number of allylic oxidation sites excluding steroid dienone is 2. The van der Waals surface area contributed by atoms with Gasteiger partial charge >= 0.3 is 0 Å². The molecular weight excluding hydrogens is 348 g/mol. The van der Waals surface area contributed by atoms with Gasteiger partial charge in [-0.15, -0.1) is 0 Å². The monoisotopic (exact) mass is 371 g/mol. The Morgan fingerprint density at radius 1 is 0.926 bits per heavy atom. The minimum Gasteiger partial charge on any atom is -0.550 e. The van der Waals surface area contributed by atoms with Gasteiger partial charge in [0.2, 0.25) is 5.91 Å². The van der Waals surface area contributed by atoms with Crippen LogP contribution in [0, 0.1) is 11.8 Å². The van der Waals surface area contributed by atoms with Gasteiger partial charge in [-0.25, -0.2) is 0 Å². The maximum Gasteiger partial charge on any atom is 0.269 e. The molecule has 0 heterocycles. The predicted octanol–water partition coefficient (Wildman–Crippen LogP) is 1.10. The van der Waals surface area contributed by atoms with Crippen molar-refractivity contribution in [3.63, 3.8) is 0 Å². The highest BCUT2D eigenvalue weighted by Gasteiger charge is 2.30. The smallest absolute Gasteiger partial charge is 0.269 e. The van der Waals surface area contributed by atoms with Crippen LogP contribution in [0.4, 0.5) is 0 Å². The second-order valence-electron chi connectivity index (χ2n) is 6.97. The molecule has 0 unspecified atom stereocenters. The van der Waals surface area contributed by atoms with E-state index in [2.05, 4.69) is 10.9 Å². The van der Waals surface area contributed by atoms with Gasteiger partial charge in [-0.05, 0) is 62.8 Å². The third-order valence-corrected chi connectivity index (χ3v) is 5.09. The fourth-order valence-corrected chi connectivity index (χ4v) is 3.53. The van der Waals surface area contributed by atoms with Crippen LogP contribution < -0.4 is 20.7 Å². The molecule has 7 nitrogen and oxygen atoms in total. The number of carbonyl (C=O) groups excluding carboxylic acids is 3. The summed E-state index contributed by atoms with van der Waals surface area (Å²) in [5.74, 6) is -3.21. The third-order valence-electron chi connectivity index (χ3n) is 5.09. The normalized spacial score (nSPS) is 22.2. The van der Waals surface area contributed by atoms with Gasteiger partial charge in [0.1, 0.15) is 5.75 Å². The zero-order valence-corrected chi connectivity index (χ0v) is 15.0. The lowest BCUT2D eigenvalue weighted by Gasteiger charge is -2.28. The van der Waals surface area contributed by atoms with Gasteiger partial charge in [-0.1, -0.05) is 12.2 Å². The van der Waals surface area contributed by atoms with Gasteiger partial charge in [-0.3, -0.25) is 20.4 Å². The summed E-state index contributed by atoms with van der Waals surface area (Å²) in [5.41, 5.74) is 5.01. The van der Waals surface area contributed by atoms with E-state index in [4.69, 9.17) is 4.74 Å². The summed E-state index contributed by atoms with van der Waals surface area (Å²) in [5, 5.41) is 11.2. The van der Waals surface area contributed by atoms with Crippen LogP contribution in [0.2, 0.25) is 0 Å². The molecule has 0 aromatic heterocycles. The molecule has 0 saturated heterocycles. The summed E-state index contributed by atoms with van der Waals surface area (Å²) >= 11 is 0. The van der Waals surface area contributed by atoms with Crippen LogP contribution in [0.3, 0.4) is 0 Å². The number of benzene rings is 1. The highest BCUT2D eigenvalue weighted by Crippen LogP contribution is 2.25. The maximum atomic E-state index is 12.2. The number of carbonyl (C=O) groups is 3. The first kappa shape index (κ1) is 18.9. The average Bonchev–Trinajstić information content (AvgIpc) is 3.19. The van der Waals surface area contributed by atoms with Gasteiger partial charge in [0.05, 0.1) is 12.0 Å². The first-order valence-electron chi connectivity index (χ1n) is 9.27. The van der Waals surface area contributed by atoms with Crippen LogP contribution in [0.5, 0.6) is 5.75 Å². The zero-order valence-electron chi connectivity index (χ0n) is 15.0. The van der Waals surface area contributed by atoms with E-state index in [0.29, 0.717) is 17.7 Å². The van der Waals surface area contributed by atoms with Gasteiger partial charge in [0, 0.05) is 17.5 Å². The van der Waals surface area contributed by atoms with Crippen molar-refractivity contribution < 1.29 is 24.2 Å². The standard InChI is InChI=1S/C20H24N2O5/c23-18(13-9-11-15(12-10-13)27-14-5-1-2-6-14)21-22-19(24)16-7-3-4-8-17(16)20(25)26/h3-4,9-12,14,16-17H,1-2,5-8H2,(H,21,23)(H,22,24)(H,25,26)/p-1/t16-,17-/m1/s1. The second-order valence-corrected chi connectivity index (χ2v) is 6.97. The van der Waals surface area contributed by atoms with E-state index in [1.165, 1.54) is 12.8 Å². The van der Waals surface area contributed by atoms with E-state index in [-0.39, 0.29) is 12.5 Å². The van der Waals surface area contributed by atoms with Crippen molar-refractivity contribution in [1.82, 2.24) is 10.9 Å². The summed E-state index contributed by atoms with van der Waals surface area (Å²) in [6, 6.07) is 6.71. The van der Waals surface area contributed by atoms with Crippen molar-refractivity contribution in [2.75, 3.05) is 0 Å². The van der Waals surface area contributed by atoms with Crippen LogP contribution in [0.15, 0.2) is 36.4 Å². The van der Waals surface area contributed by atoms with Gasteiger partial charge in [-0.2, -0.15) is 0 Å². The molecule has 144 valence electrons. The Kier molecular flexibility index (Phi) is 6.11. The molecule has 0 aliphatic heterocycles. The van der Waals surface area contributed by atoms with Crippen molar-refractivity contribution in [2.24, 2.45) is 11.8 Å². The molecule has 1 saturated carbocycles. The fraction of sp³-hybridized carbons (Fsp3) is 0.450. The number of hydrazine groups is 1. The van der Waals surface area contributed by atoms with Gasteiger partial charge in [0.15, 0.2) is 0 Å². The number of ether oxygens (including phenoxy) is 1. The van der Waals surface area contributed by atoms with Crippen LogP contribution in [0.25, 0.3) is 0 Å². The summed E-state index contributed by atoms with van der Waals surface area (Å²) in [4.78, 5) is 35.6. The quantitative estimate of drug-likeness (QED) is 0.595. The molecule has 3 rings (SSSR count). The largest absolute Gasteiger partial charge is 0.550 e. The number of hydrogen-bond acceptors (Lipinski definition) is 5. The van der Waals surface area contributed by atoms with E-state index >= 15 is 0 Å². The van der Waals surface area contributed by atoms with E-state index < -0.39 is 29.6 Å². The second kappa shape index (κ2) is 8.70. The number of carboxylic acid groups (broad SMARTS) is 1. The number of hydrogen-bond donors (Lipinski definition) is 2. The molecule has 1 aromatic rings. The lowest BCUT2D eigenvalue weighted by atomic mass is 9.82. The molecule has 2 atom stereocenters. The highest BCUT2D eigenvalue weighted by atomic mass is 16.5. The molecule has 0 spiro atoms. The Morgan fingerprint density at radius 2 is 1.56 bits per heavy atom. The Bertz CT molecular complexity index is 722. The molecule has 2 aliphatic rings. The molecule has 1 fully saturated rings. The Morgan fingerprint density at radius 3 is 2.19 bits per heavy atom. The first-order valence-corrected chi connectivity index (χ1v) is 9.27. The molecule has 0 bridgehead atoms. The highest BCUT2D eigenvalue weighted by molar-refractivity contribution is 5.96. The van der Waals surface area contributed by atoms with Crippen molar-refractivity contribution in [1.29, 1.82) is 0 Å². The number of amides is 2. The molecule has 1 aromatic carbocycles. The van der Waals surface area contributed by atoms with Crippen LogP contribution >= 0.6 is 0 Å². The zero-order chi connectivity index (χ0) is 19.2. The Hall–Kier alpha value is -2.83. The van der Waals surface area contributed by atoms with Crippen LogP contribution in [-0.2, 0) is 9.59 Å². The number of rotatable bonds is 5. The van der Waals surface area contributed by atoms with Gasteiger partial charge < -0.3 is 14.6 Å². The summed E-state index contributed by atoms with van der Waals surface area (Å²) in [6.45, 7) is 0. The predicted molar refractivity (Wildman–Crippen MR) is 95.3 cm³/mol. The number of carboxylic acids is 1. The molecule has 2 amide bonds. The lowest BCUT2D eigenvalue weighted by molar-refractivity contribution is -0.313. The Labute approximate surface area is 157 Å². The molecule has 27 heavy (non-hydrogen) atoms. The van der Waals surface area contributed by atoms with Crippen molar-refractivity contribution in [2.45, 2.75) is 44.6 Å². The molecular formula is C20H23N2O5-. The topological polar surface area (TPSA) is 108 Å². The van der Waals surface area contributed by atoms with Crippen molar-refractivity contribution >= 4 is 17.8 Å². The molecule has 2 aliphatic carbocycles. The van der Waals surface area contributed by atoms with Crippen LogP contribution in [0.1, 0.15) is 48.9 Å². The van der Waals surface area contributed by atoms with E-state index in [9.17, 15) is 19.5 Å². The summed E-state index contributed by atoms with van der Waals surface area (Å²) in [6.07, 6.45) is 8.73. The fourth-order valence-electron chi connectivity index (χ4n) is 3.53. The summed E-state index contributed by atoms with van der Waals surface area (Å²) < 4.78 is 5.85. The minimum atomic E-state index is -1.26. The maximum absolute atomic E-state index is 12.2. The molecule has 0 radical (unpaired) electrons. The first-order chi connectivity index (χ1) is 13.0.